The third kappa shape index (κ3) is 4.74. The molecule has 0 bridgehead atoms. The largest absolute Gasteiger partial charge is 0.380 e. The summed E-state index contributed by atoms with van der Waals surface area (Å²) in [4.78, 5) is 11.5. The molecule has 2 aromatic heterocycles. The summed E-state index contributed by atoms with van der Waals surface area (Å²) in [7, 11) is 1.97. The van der Waals surface area contributed by atoms with Crippen LogP contribution in [0.5, 0.6) is 0 Å². The summed E-state index contributed by atoms with van der Waals surface area (Å²) in [6.45, 7) is 5.57. The lowest BCUT2D eigenvalue weighted by Crippen LogP contribution is -2.25. The van der Waals surface area contributed by atoms with Crippen LogP contribution in [0.4, 0.5) is 21.8 Å². The molecular weight excluding hydrogens is 395 g/mol. The Morgan fingerprint density at radius 3 is 2.74 bits per heavy atom. The normalized spacial score (nSPS) is 15.1. The Morgan fingerprint density at radius 2 is 2.06 bits per heavy atom. The van der Waals surface area contributed by atoms with Crippen molar-refractivity contribution in [2.24, 2.45) is 0 Å². The predicted octanol–water partition coefficient (Wildman–Crippen LogP) is 4.82. The van der Waals surface area contributed by atoms with Gasteiger partial charge in [0.15, 0.2) is 17.5 Å². The van der Waals surface area contributed by atoms with Crippen LogP contribution in [0.25, 0.3) is 6.08 Å². The predicted molar refractivity (Wildman–Crippen MR) is 120 cm³/mol. The number of nitrogens with zero attached hydrogens (tertiary/aromatic N) is 4. The van der Waals surface area contributed by atoms with Crippen molar-refractivity contribution in [1.29, 1.82) is 0 Å². The number of allylic oxidation sites excluding steroid dienone is 1. The molecule has 1 aromatic carbocycles. The molecule has 0 spiro atoms. The first-order valence-corrected chi connectivity index (χ1v) is 10.5. The van der Waals surface area contributed by atoms with Crippen LogP contribution in [-0.4, -0.2) is 40.4 Å². The lowest BCUT2D eigenvalue weighted by molar-refractivity contribution is 0.00670. The van der Waals surface area contributed by atoms with E-state index in [1.165, 1.54) is 12.1 Å². The van der Waals surface area contributed by atoms with Crippen LogP contribution in [0.3, 0.4) is 0 Å². The second-order valence-corrected chi connectivity index (χ2v) is 7.68. The minimum absolute atomic E-state index is 0.0190. The van der Waals surface area contributed by atoms with E-state index in [1.54, 1.807) is 18.3 Å². The van der Waals surface area contributed by atoms with Gasteiger partial charge in [0, 0.05) is 24.7 Å². The standard InChI is InChI=1S/C23H27FN6O/c1-4-5-6-19-23(30(3)15(2)16-7-9-18(24)10-8-16)27-22(12-25-19)26-21-11-20(28-29-21)17-13-31-14-17/h5-12,15,17H,4,13-14H2,1-3H3,(H2,26,27,28,29)/b6-5+. The third-order valence-corrected chi connectivity index (χ3v) is 5.49. The van der Waals surface area contributed by atoms with Gasteiger partial charge in [-0.2, -0.15) is 5.10 Å². The number of aromatic nitrogens is 4. The van der Waals surface area contributed by atoms with Crippen molar-refractivity contribution in [3.63, 3.8) is 0 Å². The first-order valence-electron chi connectivity index (χ1n) is 10.5. The van der Waals surface area contributed by atoms with Gasteiger partial charge in [0.25, 0.3) is 0 Å². The molecule has 0 aliphatic carbocycles. The first-order chi connectivity index (χ1) is 15.0. The SMILES string of the molecule is CC/C=C/c1ncc(Nc2cc(C3COC3)[nH]n2)nc1N(C)C(C)c1ccc(F)cc1. The van der Waals surface area contributed by atoms with Crippen molar-refractivity contribution >= 4 is 23.5 Å². The van der Waals surface area contributed by atoms with Gasteiger partial charge in [0.05, 0.1) is 25.5 Å². The third-order valence-electron chi connectivity index (χ3n) is 5.49. The van der Waals surface area contributed by atoms with Gasteiger partial charge >= 0.3 is 0 Å². The Bertz CT molecular complexity index is 1040. The molecule has 8 heteroatoms. The Balaban J connectivity index is 1.59. The van der Waals surface area contributed by atoms with Crippen molar-refractivity contribution in [1.82, 2.24) is 20.2 Å². The number of nitrogens with one attached hydrogen (secondary N) is 2. The Morgan fingerprint density at radius 1 is 1.29 bits per heavy atom. The molecule has 0 saturated carbocycles. The molecular formula is C23H27FN6O. The van der Waals surface area contributed by atoms with E-state index in [1.807, 2.05) is 24.1 Å². The molecule has 3 heterocycles. The summed E-state index contributed by atoms with van der Waals surface area (Å²) in [5, 5.41) is 10.6. The zero-order valence-electron chi connectivity index (χ0n) is 18.0. The second-order valence-electron chi connectivity index (χ2n) is 7.68. The minimum atomic E-state index is -0.247. The summed E-state index contributed by atoms with van der Waals surface area (Å²) in [5.41, 5.74) is 2.82. The number of hydrogen-bond acceptors (Lipinski definition) is 6. The summed E-state index contributed by atoms with van der Waals surface area (Å²) in [6.07, 6.45) is 6.64. The monoisotopic (exact) mass is 422 g/mol. The summed E-state index contributed by atoms with van der Waals surface area (Å²) >= 11 is 0. The zero-order valence-corrected chi connectivity index (χ0v) is 18.0. The second kappa shape index (κ2) is 9.26. The van der Waals surface area contributed by atoms with E-state index in [9.17, 15) is 4.39 Å². The van der Waals surface area contributed by atoms with Gasteiger partial charge in [-0.3, -0.25) is 5.10 Å². The minimum Gasteiger partial charge on any atom is -0.380 e. The van der Waals surface area contributed by atoms with Gasteiger partial charge < -0.3 is 15.0 Å². The lowest BCUT2D eigenvalue weighted by Gasteiger charge is -2.27. The maximum absolute atomic E-state index is 13.3. The van der Waals surface area contributed by atoms with Gasteiger partial charge in [-0.25, -0.2) is 14.4 Å². The van der Waals surface area contributed by atoms with Crippen LogP contribution in [0.1, 0.15) is 49.2 Å². The summed E-state index contributed by atoms with van der Waals surface area (Å²) in [5.74, 6) is 2.14. The first kappa shape index (κ1) is 21.0. The topological polar surface area (TPSA) is 79.0 Å². The number of H-pyrrole nitrogens is 1. The Kier molecular flexibility index (Phi) is 6.27. The van der Waals surface area contributed by atoms with Crippen molar-refractivity contribution in [3.05, 3.63) is 65.4 Å². The van der Waals surface area contributed by atoms with Crippen molar-refractivity contribution in [3.8, 4) is 0 Å². The highest BCUT2D eigenvalue weighted by atomic mass is 19.1. The van der Waals surface area contributed by atoms with E-state index in [0.717, 1.165) is 42.4 Å². The van der Waals surface area contributed by atoms with Gasteiger partial charge in [-0.15, -0.1) is 0 Å². The van der Waals surface area contributed by atoms with Gasteiger partial charge in [0.1, 0.15) is 11.5 Å². The number of rotatable bonds is 8. The average Bonchev–Trinajstić information content (AvgIpc) is 3.18. The van der Waals surface area contributed by atoms with Gasteiger partial charge in [-0.05, 0) is 37.1 Å². The molecule has 31 heavy (non-hydrogen) atoms. The van der Waals surface area contributed by atoms with Crippen molar-refractivity contribution in [2.45, 2.75) is 32.2 Å². The molecule has 0 amide bonds. The van der Waals surface area contributed by atoms with E-state index in [4.69, 9.17) is 9.72 Å². The van der Waals surface area contributed by atoms with Crippen LogP contribution in [-0.2, 0) is 4.74 Å². The maximum atomic E-state index is 13.3. The molecule has 1 fully saturated rings. The van der Waals surface area contributed by atoms with Crippen LogP contribution in [0.15, 0.2) is 42.6 Å². The molecule has 4 rings (SSSR count). The Labute approximate surface area is 181 Å². The van der Waals surface area contributed by atoms with Crippen molar-refractivity contribution in [2.75, 3.05) is 30.5 Å². The smallest absolute Gasteiger partial charge is 0.157 e. The molecule has 7 nitrogen and oxygen atoms in total. The fourth-order valence-corrected chi connectivity index (χ4v) is 3.36. The molecule has 3 aromatic rings. The maximum Gasteiger partial charge on any atom is 0.157 e. The number of aromatic amines is 1. The highest BCUT2D eigenvalue weighted by Gasteiger charge is 2.23. The number of anilines is 3. The number of ether oxygens (including phenoxy) is 1. The van der Waals surface area contributed by atoms with E-state index in [2.05, 4.69) is 40.4 Å². The van der Waals surface area contributed by atoms with Gasteiger partial charge in [0.2, 0.25) is 0 Å². The zero-order chi connectivity index (χ0) is 21.8. The molecule has 162 valence electrons. The average molecular weight is 423 g/mol. The van der Waals surface area contributed by atoms with Crippen LogP contribution in [0.2, 0.25) is 0 Å². The van der Waals surface area contributed by atoms with E-state index in [0.29, 0.717) is 17.6 Å². The highest BCUT2D eigenvalue weighted by Crippen LogP contribution is 2.29. The summed E-state index contributed by atoms with van der Waals surface area (Å²) < 4.78 is 18.6. The number of benzene rings is 1. The van der Waals surface area contributed by atoms with Crippen LogP contribution >= 0.6 is 0 Å². The summed E-state index contributed by atoms with van der Waals surface area (Å²) in [6, 6.07) is 8.50. The fraction of sp³-hybridized carbons (Fsp3) is 0.348. The molecule has 1 atom stereocenters. The molecule has 2 N–H and O–H groups in total. The van der Waals surface area contributed by atoms with Crippen molar-refractivity contribution < 1.29 is 9.13 Å². The number of halogens is 1. The Hall–Kier alpha value is -3.26. The van der Waals surface area contributed by atoms with E-state index < -0.39 is 0 Å². The van der Waals surface area contributed by atoms with Crippen LogP contribution < -0.4 is 10.2 Å². The van der Waals surface area contributed by atoms with E-state index >= 15 is 0 Å². The fourth-order valence-electron chi connectivity index (χ4n) is 3.36. The lowest BCUT2D eigenvalue weighted by atomic mass is 10.0. The van der Waals surface area contributed by atoms with Gasteiger partial charge in [-0.1, -0.05) is 25.1 Å². The highest BCUT2D eigenvalue weighted by molar-refractivity contribution is 5.64. The molecule has 1 aliphatic rings. The van der Waals surface area contributed by atoms with Crippen LogP contribution in [0, 0.1) is 5.82 Å². The molecule has 1 unspecified atom stereocenters. The molecule has 0 radical (unpaired) electrons. The molecule has 1 saturated heterocycles. The molecule has 1 aliphatic heterocycles. The quantitative estimate of drug-likeness (QED) is 0.542. The number of hydrogen-bond donors (Lipinski definition) is 2. The van der Waals surface area contributed by atoms with E-state index in [-0.39, 0.29) is 11.9 Å².